The number of hydrogen-bond acceptors (Lipinski definition) is 5. The molecule has 0 saturated carbocycles. The van der Waals surface area contributed by atoms with Crippen molar-refractivity contribution in [3.63, 3.8) is 0 Å². The van der Waals surface area contributed by atoms with E-state index in [9.17, 15) is 21.4 Å². The largest absolute Gasteiger partial charge is 0.296 e. The molecule has 0 aromatic heterocycles. The fraction of sp³-hybridized carbons (Fsp3) is 0.280. The molecule has 0 aliphatic carbocycles. The molecule has 6 nitrogen and oxygen atoms in total. The molecule has 1 unspecified atom stereocenters. The Morgan fingerprint density at radius 1 is 0.794 bits per heavy atom. The van der Waals surface area contributed by atoms with Crippen LogP contribution in [0.25, 0.3) is 0 Å². The second-order valence-corrected chi connectivity index (χ2v) is 13.8. The van der Waals surface area contributed by atoms with E-state index in [-0.39, 0.29) is 4.90 Å². The predicted octanol–water partition coefficient (Wildman–Crippen LogP) is 3.71. The normalized spacial score (nSPS) is 13.1. The molecule has 1 atom stereocenters. The number of aryl methyl sites for hydroxylation is 5. The summed E-state index contributed by atoms with van der Waals surface area (Å²) in [5.74, 6) is -0.487. The van der Waals surface area contributed by atoms with Gasteiger partial charge in [-0.25, -0.2) is 0 Å². The molecule has 0 radical (unpaired) electrons. The molecular weight excluding hydrogens is 491 g/mol. The van der Waals surface area contributed by atoms with Crippen molar-refractivity contribution in [2.75, 3.05) is 7.11 Å². The summed E-state index contributed by atoms with van der Waals surface area (Å²) in [6.45, 7) is 9.44. The van der Waals surface area contributed by atoms with Crippen LogP contribution in [0.4, 0.5) is 0 Å². The highest BCUT2D eigenvalue weighted by Gasteiger charge is 2.26. The second kappa shape index (κ2) is 9.88. The SMILES string of the molecule is COS(=O)(=O)c1cc(P(c2cccc(C)c2)c2cc(CS(=O)(=O)O)c(C)cc2C)c(C)cc1C. The summed E-state index contributed by atoms with van der Waals surface area (Å²) in [5, 5.41) is 2.75. The van der Waals surface area contributed by atoms with Crippen molar-refractivity contribution in [3.8, 4) is 0 Å². The van der Waals surface area contributed by atoms with Crippen LogP contribution in [0.5, 0.6) is 0 Å². The van der Waals surface area contributed by atoms with Crippen LogP contribution in [-0.2, 0) is 30.2 Å². The highest BCUT2D eigenvalue weighted by molar-refractivity contribution is 7.87. The summed E-state index contributed by atoms with van der Waals surface area (Å²) in [6.07, 6.45) is 0. The Morgan fingerprint density at radius 3 is 1.94 bits per heavy atom. The van der Waals surface area contributed by atoms with Gasteiger partial charge in [0.05, 0.1) is 12.0 Å². The van der Waals surface area contributed by atoms with Crippen LogP contribution >= 0.6 is 7.92 Å². The molecule has 0 amide bonds. The monoisotopic (exact) mass is 520 g/mol. The molecule has 0 aliphatic heterocycles. The molecule has 0 bridgehead atoms. The lowest BCUT2D eigenvalue weighted by Gasteiger charge is -2.25. The van der Waals surface area contributed by atoms with Gasteiger partial charge in [0.1, 0.15) is 5.75 Å². The Morgan fingerprint density at radius 2 is 1.38 bits per heavy atom. The highest BCUT2D eigenvalue weighted by Crippen LogP contribution is 2.38. The molecule has 3 aromatic carbocycles. The molecule has 0 saturated heterocycles. The molecule has 0 aliphatic rings. The molecular formula is C25H29O6PS2. The van der Waals surface area contributed by atoms with Gasteiger partial charge in [-0.05, 0) is 98.4 Å². The van der Waals surface area contributed by atoms with E-state index in [1.165, 1.54) is 0 Å². The summed E-state index contributed by atoms with van der Waals surface area (Å²) in [5.41, 5.74) is 4.81. The van der Waals surface area contributed by atoms with E-state index >= 15 is 0 Å². The summed E-state index contributed by atoms with van der Waals surface area (Å²) in [6, 6.07) is 15.3. The first-order valence-electron chi connectivity index (χ1n) is 10.6. The molecule has 3 aromatic rings. The Labute approximate surface area is 203 Å². The van der Waals surface area contributed by atoms with E-state index in [1.54, 1.807) is 13.0 Å². The lowest BCUT2D eigenvalue weighted by atomic mass is 10.1. The number of benzene rings is 3. The van der Waals surface area contributed by atoms with E-state index in [4.69, 9.17) is 4.18 Å². The number of hydrogen-bond donors (Lipinski definition) is 1. The summed E-state index contributed by atoms with van der Waals surface area (Å²) < 4.78 is 62.9. The van der Waals surface area contributed by atoms with E-state index in [0.717, 1.165) is 45.3 Å². The molecule has 0 spiro atoms. The summed E-state index contributed by atoms with van der Waals surface area (Å²) >= 11 is 0. The van der Waals surface area contributed by atoms with Crippen molar-refractivity contribution < 1.29 is 25.6 Å². The maximum Gasteiger partial charge on any atom is 0.296 e. The fourth-order valence-corrected chi connectivity index (χ4v) is 8.52. The average Bonchev–Trinajstić information content (AvgIpc) is 2.71. The summed E-state index contributed by atoms with van der Waals surface area (Å²) in [7, 11) is -8.26. The minimum Gasteiger partial charge on any atom is -0.285 e. The van der Waals surface area contributed by atoms with Crippen LogP contribution in [0.15, 0.2) is 53.4 Å². The van der Waals surface area contributed by atoms with Crippen molar-refractivity contribution in [2.45, 2.75) is 45.3 Å². The highest BCUT2D eigenvalue weighted by atomic mass is 32.2. The Hall–Kier alpha value is -2.09. The zero-order chi connectivity index (χ0) is 25.4. The van der Waals surface area contributed by atoms with Crippen molar-refractivity contribution in [3.05, 3.63) is 81.9 Å². The zero-order valence-electron chi connectivity index (χ0n) is 20.1. The van der Waals surface area contributed by atoms with Crippen LogP contribution in [0.1, 0.15) is 33.4 Å². The van der Waals surface area contributed by atoms with Gasteiger partial charge in [0.25, 0.3) is 20.2 Å². The van der Waals surface area contributed by atoms with Crippen LogP contribution in [-0.4, -0.2) is 28.5 Å². The smallest absolute Gasteiger partial charge is 0.285 e. The second-order valence-electron chi connectivity index (χ2n) is 8.49. The minimum absolute atomic E-state index is 0.110. The molecule has 0 fully saturated rings. The van der Waals surface area contributed by atoms with Crippen LogP contribution < -0.4 is 15.9 Å². The Kier molecular flexibility index (Phi) is 7.70. The van der Waals surface area contributed by atoms with Crippen LogP contribution in [0.3, 0.4) is 0 Å². The van der Waals surface area contributed by atoms with Crippen molar-refractivity contribution in [1.29, 1.82) is 0 Å². The first kappa shape index (κ1) is 26.5. The van der Waals surface area contributed by atoms with Crippen molar-refractivity contribution in [2.24, 2.45) is 0 Å². The van der Waals surface area contributed by atoms with Gasteiger partial charge in [0.15, 0.2) is 0 Å². The molecule has 34 heavy (non-hydrogen) atoms. The lowest BCUT2D eigenvalue weighted by Crippen LogP contribution is -2.26. The predicted molar refractivity (Wildman–Crippen MR) is 138 cm³/mol. The Bertz CT molecular complexity index is 1460. The quantitative estimate of drug-likeness (QED) is 0.290. The minimum atomic E-state index is -4.22. The van der Waals surface area contributed by atoms with Gasteiger partial charge in [0.2, 0.25) is 0 Å². The van der Waals surface area contributed by atoms with E-state index < -0.39 is 33.9 Å². The number of rotatable bonds is 7. The third kappa shape index (κ3) is 5.75. The fourth-order valence-electron chi connectivity index (χ4n) is 4.07. The van der Waals surface area contributed by atoms with Gasteiger partial charge in [-0.2, -0.15) is 16.8 Å². The average molecular weight is 521 g/mol. The van der Waals surface area contributed by atoms with Gasteiger partial charge in [0, 0.05) is 0 Å². The summed E-state index contributed by atoms with van der Waals surface area (Å²) in [4.78, 5) is 0.110. The third-order valence-electron chi connectivity index (χ3n) is 5.72. The molecule has 9 heteroatoms. The van der Waals surface area contributed by atoms with Gasteiger partial charge >= 0.3 is 0 Å². The molecule has 1 N–H and O–H groups in total. The molecule has 0 heterocycles. The van der Waals surface area contributed by atoms with E-state index in [0.29, 0.717) is 11.1 Å². The zero-order valence-corrected chi connectivity index (χ0v) is 22.6. The third-order valence-corrected chi connectivity index (χ3v) is 10.5. The van der Waals surface area contributed by atoms with E-state index in [2.05, 4.69) is 6.07 Å². The van der Waals surface area contributed by atoms with Gasteiger partial charge in [-0.3, -0.25) is 8.74 Å². The van der Waals surface area contributed by atoms with E-state index in [1.807, 2.05) is 64.1 Å². The first-order valence-corrected chi connectivity index (χ1v) is 14.9. The lowest BCUT2D eigenvalue weighted by molar-refractivity contribution is 0.397. The topological polar surface area (TPSA) is 97.7 Å². The van der Waals surface area contributed by atoms with Gasteiger partial charge in [-0.15, -0.1) is 0 Å². The first-order chi connectivity index (χ1) is 15.7. The van der Waals surface area contributed by atoms with Crippen LogP contribution in [0, 0.1) is 34.6 Å². The van der Waals surface area contributed by atoms with Crippen LogP contribution in [0.2, 0.25) is 0 Å². The molecule has 3 rings (SSSR count). The van der Waals surface area contributed by atoms with Gasteiger partial charge in [-0.1, -0.05) is 42.0 Å². The maximum atomic E-state index is 12.6. The van der Waals surface area contributed by atoms with Crippen molar-refractivity contribution in [1.82, 2.24) is 0 Å². The standard InChI is InChI=1S/C25H29O6PS2/c1-16-8-7-9-22(10-16)32(23-13-21(15-33(26,27)28)17(2)11-18(23)3)24-14-25(34(29,30)31-6)20(5)12-19(24)4/h7-14H,15H2,1-6H3,(H,26,27,28). The Balaban J connectivity index is 2.39. The maximum absolute atomic E-state index is 12.6. The van der Waals surface area contributed by atoms with Gasteiger partial charge < -0.3 is 0 Å². The molecule has 182 valence electrons. The van der Waals surface area contributed by atoms with Crippen molar-refractivity contribution >= 4 is 44.1 Å².